The van der Waals surface area contributed by atoms with Crippen molar-refractivity contribution < 1.29 is 9.53 Å². The third kappa shape index (κ3) is 2.75. The molecule has 106 valence electrons. The summed E-state index contributed by atoms with van der Waals surface area (Å²) in [5.74, 6) is -0.189. The highest BCUT2D eigenvalue weighted by atomic mass is 16.5. The van der Waals surface area contributed by atoms with E-state index in [0.717, 1.165) is 22.3 Å². The zero-order valence-electron chi connectivity index (χ0n) is 12.3. The number of carbonyl (C=O) groups is 1. The summed E-state index contributed by atoms with van der Waals surface area (Å²) in [6, 6.07) is 16.6. The first-order chi connectivity index (χ1) is 10.1. The summed E-state index contributed by atoms with van der Waals surface area (Å²) in [6.07, 6.45) is 0.677. The number of carbonyl (C=O) groups excluding carboxylic acids is 1. The van der Waals surface area contributed by atoms with Crippen LogP contribution in [0, 0.1) is 13.8 Å². The number of cyclic esters (lactones) is 1. The smallest absolute Gasteiger partial charge is 0.334 e. The molecule has 1 saturated heterocycles. The average molecular weight is 278 g/mol. The molecule has 2 heteroatoms. The van der Waals surface area contributed by atoms with Crippen LogP contribution < -0.4 is 0 Å². The van der Waals surface area contributed by atoms with Gasteiger partial charge in [-0.15, -0.1) is 0 Å². The molecule has 0 atom stereocenters. The number of esters is 1. The van der Waals surface area contributed by atoms with Gasteiger partial charge in [0.1, 0.15) is 0 Å². The fraction of sp³-hybridized carbons (Fsp3) is 0.211. The van der Waals surface area contributed by atoms with Crippen molar-refractivity contribution in [3.05, 3.63) is 76.4 Å². The molecule has 2 aromatic rings. The molecular formula is C19H18O2. The predicted molar refractivity (Wildman–Crippen MR) is 84.0 cm³/mol. The van der Waals surface area contributed by atoms with Crippen molar-refractivity contribution in [1.82, 2.24) is 0 Å². The largest absolute Gasteiger partial charge is 0.462 e. The number of aryl methyl sites for hydroxylation is 2. The van der Waals surface area contributed by atoms with Gasteiger partial charge in [-0.3, -0.25) is 0 Å². The van der Waals surface area contributed by atoms with Gasteiger partial charge in [0.2, 0.25) is 0 Å². The van der Waals surface area contributed by atoms with E-state index in [1.807, 2.05) is 0 Å². The van der Waals surface area contributed by atoms with E-state index in [1.54, 1.807) is 0 Å². The maximum absolute atomic E-state index is 12.0. The third-order valence-electron chi connectivity index (χ3n) is 3.81. The molecule has 1 aliphatic heterocycles. The predicted octanol–water partition coefficient (Wildman–Crippen LogP) is 4.05. The summed E-state index contributed by atoms with van der Waals surface area (Å²) in [5, 5.41) is 0. The normalized spacial score (nSPS) is 14.2. The standard InChI is InChI=1S/C19H18O2/c1-13-3-7-15(8-4-13)18(17-11-12-21-19(17)20)16-9-5-14(2)6-10-16/h3-10H,11-12H2,1-2H3. The summed E-state index contributed by atoms with van der Waals surface area (Å²) >= 11 is 0. The molecule has 0 aliphatic carbocycles. The minimum atomic E-state index is -0.189. The lowest BCUT2D eigenvalue weighted by atomic mass is 9.91. The molecule has 0 spiro atoms. The summed E-state index contributed by atoms with van der Waals surface area (Å²) in [5.41, 5.74) is 6.33. The zero-order valence-corrected chi connectivity index (χ0v) is 12.3. The lowest BCUT2D eigenvalue weighted by Gasteiger charge is -2.11. The molecule has 0 radical (unpaired) electrons. The van der Waals surface area contributed by atoms with Gasteiger partial charge < -0.3 is 4.74 Å². The fourth-order valence-corrected chi connectivity index (χ4v) is 2.62. The first-order valence-corrected chi connectivity index (χ1v) is 7.19. The molecule has 2 aromatic carbocycles. The SMILES string of the molecule is Cc1ccc(C(=C2CCOC2=O)c2ccc(C)cc2)cc1. The zero-order chi connectivity index (χ0) is 14.8. The van der Waals surface area contributed by atoms with Gasteiger partial charge in [-0.25, -0.2) is 4.79 Å². The molecule has 0 aromatic heterocycles. The van der Waals surface area contributed by atoms with E-state index >= 15 is 0 Å². The highest BCUT2D eigenvalue weighted by Gasteiger charge is 2.24. The highest BCUT2D eigenvalue weighted by molar-refractivity contribution is 6.03. The Labute approximate surface area is 125 Å². The molecular weight excluding hydrogens is 260 g/mol. The minimum absolute atomic E-state index is 0.189. The van der Waals surface area contributed by atoms with Crippen LogP contribution in [0.5, 0.6) is 0 Å². The second-order valence-corrected chi connectivity index (χ2v) is 5.47. The second-order valence-electron chi connectivity index (χ2n) is 5.47. The van der Waals surface area contributed by atoms with Crippen LogP contribution in [0.4, 0.5) is 0 Å². The molecule has 0 saturated carbocycles. The average Bonchev–Trinajstić information content (AvgIpc) is 2.90. The molecule has 2 nitrogen and oxygen atoms in total. The van der Waals surface area contributed by atoms with Crippen LogP contribution in [0.2, 0.25) is 0 Å². The number of ether oxygens (including phenoxy) is 1. The van der Waals surface area contributed by atoms with Crippen molar-refractivity contribution in [3.63, 3.8) is 0 Å². The Kier molecular flexibility index (Phi) is 3.61. The van der Waals surface area contributed by atoms with Crippen LogP contribution in [0.15, 0.2) is 54.1 Å². The maximum atomic E-state index is 12.0. The van der Waals surface area contributed by atoms with Crippen molar-refractivity contribution in [1.29, 1.82) is 0 Å². The Morgan fingerprint density at radius 1 is 0.857 bits per heavy atom. The summed E-state index contributed by atoms with van der Waals surface area (Å²) in [4.78, 5) is 12.0. The Hall–Kier alpha value is -2.35. The van der Waals surface area contributed by atoms with Crippen LogP contribution in [0.25, 0.3) is 5.57 Å². The number of hydrogen-bond acceptors (Lipinski definition) is 2. The van der Waals surface area contributed by atoms with Gasteiger partial charge in [0.05, 0.1) is 6.61 Å². The third-order valence-corrected chi connectivity index (χ3v) is 3.81. The van der Waals surface area contributed by atoms with E-state index in [0.29, 0.717) is 13.0 Å². The van der Waals surface area contributed by atoms with Crippen LogP contribution in [-0.4, -0.2) is 12.6 Å². The van der Waals surface area contributed by atoms with Gasteiger partial charge in [-0.1, -0.05) is 59.7 Å². The molecule has 0 N–H and O–H groups in total. The minimum Gasteiger partial charge on any atom is -0.462 e. The van der Waals surface area contributed by atoms with E-state index in [1.165, 1.54) is 11.1 Å². The molecule has 1 fully saturated rings. The van der Waals surface area contributed by atoms with Crippen LogP contribution in [0.3, 0.4) is 0 Å². The van der Waals surface area contributed by atoms with Gasteiger partial charge in [0, 0.05) is 12.0 Å². The lowest BCUT2D eigenvalue weighted by Crippen LogP contribution is -2.01. The molecule has 0 unspecified atom stereocenters. The second kappa shape index (κ2) is 5.57. The maximum Gasteiger partial charge on any atom is 0.334 e. The molecule has 1 heterocycles. The lowest BCUT2D eigenvalue weighted by molar-refractivity contribution is -0.135. The van der Waals surface area contributed by atoms with Crippen molar-refractivity contribution >= 4 is 11.5 Å². The van der Waals surface area contributed by atoms with Crippen molar-refractivity contribution in [3.8, 4) is 0 Å². The summed E-state index contributed by atoms with van der Waals surface area (Å²) < 4.78 is 5.14. The molecule has 0 amide bonds. The van der Waals surface area contributed by atoms with Crippen LogP contribution >= 0.6 is 0 Å². The molecule has 1 aliphatic rings. The number of benzene rings is 2. The fourth-order valence-electron chi connectivity index (χ4n) is 2.62. The van der Waals surface area contributed by atoms with Crippen molar-refractivity contribution in [2.24, 2.45) is 0 Å². The highest BCUT2D eigenvalue weighted by Crippen LogP contribution is 2.32. The Balaban J connectivity index is 2.18. The van der Waals surface area contributed by atoms with E-state index in [2.05, 4.69) is 62.4 Å². The number of rotatable bonds is 2. The Morgan fingerprint density at radius 3 is 1.71 bits per heavy atom. The van der Waals surface area contributed by atoms with E-state index in [9.17, 15) is 4.79 Å². The summed E-state index contributed by atoms with van der Waals surface area (Å²) in [7, 11) is 0. The summed E-state index contributed by atoms with van der Waals surface area (Å²) in [6.45, 7) is 4.61. The van der Waals surface area contributed by atoms with E-state index in [4.69, 9.17) is 4.74 Å². The quantitative estimate of drug-likeness (QED) is 0.612. The first-order valence-electron chi connectivity index (χ1n) is 7.19. The molecule has 3 rings (SSSR count). The van der Waals surface area contributed by atoms with Crippen LogP contribution in [0.1, 0.15) is 28.7 Å². The molecule has 0 bridgehead atoms. The van der Waals surface area contributed by atoms with E-state index < -0.39 is 0 Å². The van der Waals surface area contributed by atoms with Crippen molar-refractivity contribution in [2.45, 2.75) is 20.3 Å². The van der Waals surface area contributed by atoms with Gasteiger partial charge in [0.25, 0.3) is 0 Å². The first kappa shape index (κ1) is 13.6. The van der Waals surface area contributed by atoms with Gasteiger partial charge in [0.15, 0.2) is 0 Å². The van der Waals surface area contributed by atoms with Crippen molar-refractivity contribution in [2.75, 3.05) is 6.61 Å². The van der Waals surface area contributed by atoms with Gasteiger partial charge >= 0.3 is 5.97 Å². The van der Waals surface area contributed by atoms with Crippen LogP contribution in [-0.2, 0) is 9.53 Å². The monoisotopic (exact) mass is 278 g/mol. The topological polar surface area (TPSA) is 26.3 Å². The number of hydrogen-bond donors (Lipinski definition) is 0. The van der Waals surface area contributed by atoms with Gasteiger partial charge in [-0.05, 0) is 30.5 Å². The Morgan fingerprint density at radius 2 is 1.33 bits per heavy atom. The Bertz CT molecular complexity index is 644. The van der Waals surface area contributed by atoms with E-state index in [-0.39, 0.29) is 5.97 Å². The molecule has 21 heavy (non-hydrogen) atoms. The van der Waals surface area contributed by atoms with Gasteiger partial charge in [-0.2, -0.15) is 0 Å².